The molecule has 0 aliphatic rings. The molecule has 0 aliphatic carbocycles. The van der Waals surface area contributed by atoms with Gasteiger partial charge in [-0.1, -0.05) is 45.9 Å². The predicted octanol–water partition coefficient (Wildman–Crippen LogP) is 4.17. The number of hydrogen-bond acceptors (Lipinski definition) is 2. The van der Waals surface area contributed by atoms with Crippen LogP contribution < -0.4 is 10.1 Å². The number of benzene rings is 1. The monoisotopic (exact) mass is 249 g/mol. The number of rotatable bonds is 7. The summed E-state index contributed by atoms with van der Waals surface area (Å²) >= 11 is 0. The summed E-state index contributed by atoms with van der Waals surface area (Å²) in [6.45, 7) is 12.7. The van der Waals surface area contributed by atoms with Gasteiger partial charge in [0.15, 0.2) is 0 Å². The van der Waals surface area contributed by atoms with Gasteiger partial charge in [0.1, 0.15) is 5.75 Å². The van der Waals surface area contributed by atoms with E-state index in [1.54, 1.807) is 0 Å². The molecule has 1 N–H and O–H groups in total. The minimum absolute atomic E-state index is 0.212. The average molecular weight is 249 g/mol. The van der Waals surface area contributed by atoms with Crippen LogP contribution in [-0.2, 0) is 0 Å². The van der Waals surface area contributed by atoms with Crippen LogP contribution in [0.1, 0.15) is 52.6 Å². The topological polar surface area (TPSA) is 21.3 Å². The Morgan fingerprint density at radius 2 is 1.83 bits per heavy atom. The maximum Gasteiger partial charge on any atom is 0.124 e. The summed E-state index contributed by atoms with van der Waals surface area (Å²) in [6, 6.07) is 8.70. The van der Waals surface area contributed by atoms with Crippen molar-refractivity contribution >= 4 is 0 Å². The molecule has 2 heteroatoms. The van der Waals surface area contributed by atoms with E-state index in [9.17, 15) is 0 Å². The van der Waals surface area contributed by atoms with Crippen LogP contribution in [0.3, 0.4) is 0 Å². The molecule has 18 heavy (non-hydrogen) atoms. The Morgan fingerprint density at radius 3 is 2.39 bits per heavy atom. The van der Waals surface area contributed by atoms with Crippen molar-refractivity contribution in [1.82, 2.24) is 5.32 Å². The number of para-hydroxylation sites is 1. The zero-order valence-electron chi connectivity index (χ0n) is 12.4. The van der Waals surface area contributed by atoms with E-state index in [1.165, 1.54) is 5.56 Å². The van der Waals surface area contributed by atoms with Crippen molar-refractivity contribution in [2.75, 3.05) is 13.2 Å². The smallest absolute Gasteiger partial charge is 0.124 e. The SMILES string of the molecule is CCNC(c1ccccc1OCC)C(C)(C)CC. The van der Waals surface area contributed by atoms with E-state index in [4.69, 9.17) is 4.74 Å². The molecule has 102 valence electrons. The molecule has 0 saturated carbocycles. The molecule has 0 aromatic heterocycles. The fourth-order valence-corrected chi connectivity index (χ4v) is 2.22. The van der Waals surface area contributed by atoms with Gasteiger partial charge in [0.05, 0.1) is 6.61 Å². The third-order valence-electron chi connectivity index (χ3n) is 3.63. The minimum Gasteiger partial charge on any atom is -0.494 e. The van der Waals surface area contributed by atoms with Crippen LogP contribution in [0.25, 0.3) is 0 Å². The first kappa shape index (κ1) is 15.0. The van der Waals surface area contributed by atoms with E-state index >= 15 is 0 Å². The molecule has 0 saturated heterocycles. The van der Waals surface area contributed by atoms with E-state index in [0.29, 0.717) is 12.6 Å². The normalized spacial score (nSPS) is 13.4. The second-order valence-electron chi connectivity index (χ2n) is 5.30. The van der Waals surface area contributed by atoms with E-state index in [1.807, 2.05) is 13.0 Å². The zero-order chi connectivity index (χ0) is 13.6. The van der Waals surface area contributed by atoms with Crippen LogP contribution in [0.2, 0.25) is 0 Å². The van der Waals surface area contributed by atoms with Crippen molar-refractivity contribution in [2.45, 2.75) is 47.1 Å². The summed E-state index contributed by atoms with van der Waals surface area (Å²) in [6.07, 6.45) is 1.13. The average Bonchev–Trinajstić information content (AvgIpc) is 2.37. The summed E-state index contributed by atoms with van der Waals surface area (Å²) < 4.78 is 5.76. The van der Waals surface area contributed by atoms with Gasteiger partial charge in [-0.15, -0.1) is 0 Å². The molecule has 1 aromatic carbocycles. The molecule has 1 rings (SSSR count). The van der Waals surface area contributed by atoms with Crippen LogP contribution in [0.4, 0.5) is 0 Å². The van der Waals surface area contributed by atoms with Gasteiger partial charge in [-0.05, 0) is 31.4 Å². The molecule has 0 heterocycles. The zero-order valence-corrected chi connectivity index (χ0v) is 12.4. The lowest BCUT2D eigenvalue weighted by Crippen LogP contribution is -2.34. The Labute approximate surface area is 112 Å². The van der Waals surface area contributed by atoms with Gasteiger partial charge in [0.2, 0.25) is 0 Å². The quantitative estimate of drug-likeness (QED) is 0.783. The molecule has 1 atom stereocenters. The van der Waals surface area contributed by atoms with Crippen molar-refractivity contribution in [2.24, 2.45) is 5.41 Å². The highest BCUT2D eigenvalue weighted by Crippen LogP contribution is 2.39. The lowest BCUT2D eigenvalue weighted by Gasteiger charge is -2.35. The molecular formula is C16H27NO. The predicted molar refractivity (Wildman–Crippen MR) is 78.1 cm³/mol. The Kier molecular flexibility index (Phi) is 5.67. The van der Waals surface area contributed by atoms with Gasteiger partial charge < -0.3 is 10.1 Å². The summed E-state index contributed by atoms with van der Waals surface area (Å²) in [4.78, 5) is 0. The molecule has 2 nitrogen and oxygen atoms in total. The second-order valence-corrected chi connectivity index (χ2v) is 5.30. The highest BCUT2D eigenvalue weighted by molar-refractivity contribution is 5.37. The summed E-state index contributed by atoms with van der Waals surface area (Å²) in [5.41, 5.74) is 1.48. The number of hydrogen-bond donors (Lipinski definition) is 1. The first-order valence-corrected chi connectivity index (χ1v) is 7.01. The van der Waals surface area contributed by atoms with E-state index in [2.05, 4.69) is 51.2 Å². The van der Waals surface area contributed by atoms with E-state index in [0.717, 1.165) is 18.7 Å². The van der Waals surface area contributed by atoms with Crippen molar-refractivity contribution in [1.29, 1.82) is 0 Å². The van der Waals surface area contributed by atoms with Crippen molar-refractivity contribution < 1.29 is 4.74 Å². The maximum atomic E-state index is 5.76. The van der Waals surface area contributed by atoms with Crippen LogP contribution >= 0.6 is 0 Å². The third-order valence-corrected chi connectivity index (χ3v) is 3.63. The summed E-state index contributed by atoms with van der Waals surface area (Å²) in [7, 11) is 0. The minimum atomic E-state index is 0.212. The summed E-state index contributed by atoms with van der Waals surface area (Å²) in [5, 5.41) is 3.61. The first-order chi connectivity index (χ1) is 8.56. The molecule has 0 amide bonds. The van der Waals surface area contributed by atoms with Crippen LogP contribution in [0.15, 0.2) is 24.3 Å². The molecule has 0 aliphatic heterocycles. The Balaban J connectivity index is 3.12. The van der Waals surface area contributed by atoms with Gasteiger partial charge in [0.25, 0.3) is 0 Å². The van der Waals surface area contributed by atoms with Gasteiger partial charge in [-0.25, -0.2) is 0 Å². The molecule has 1 unspecified atom stereocenters. The molecule has 0 radical (unpaired) electrons. The van der Waals surface area contributed by atoms with Gasteiger partial charge >= 0.3 is 0 Å². The fourth-order valence-electron chi connectivity index (χ4n) is 2.22. The van der Waals surface area contributed by atoms with Crippen LogP contribution in [-0.4, -0.2) is 13.2 Å². The highest BCUT2D eigenvalue weighted by atomic mass is 16.5. The lowest BCUT2D eigenvalue weighted by atomic mass is 9.78. The van der Waals surface area contributed by atoms with Crippen molar-refractivity contribution in [3.05, 3.63) is 29.8 Å². The Bertz CT molecular complexity index is 360. The maximum absolute atomic E-state index is 5.76. The highest BCUT2D eigenvalue weighted by Gasteiger charge is 2.30. The molecule has 1 aromatic rings. The third kappa shape index (κ3) is 3.49. The first-order valence-electron chi connectivity index (χ1n) is 7.01. The molecular weight excluding hydrogens is 222 g/mol. The van der Waals surface area contributed by atoms with Crippen LogP contribution in [0, 0.1) is 5.41 Å². The summed E-state index contributed by atoms with van der Waals surface area (Å²) in [5.74, 6) is 1.01. The van der Waals surface area contributed by atoms with Crippen molar-refractivity contribution in [3.8, 4) is 5.75 Å². The van der Waals surface area contributed by atoms with E-state index in [-0.39, 0.29) is 5.41 Å². The second kappa shape index (κ2) is 6.79. The number of ether oxygens (including phenoxy) is 1. The largest absolute Gasteiger partial charge is 0.494 e. The molecule has 0 fully saturated rings. The number of nitrogens with one attached hydrogen (secondary N) is 1. The fraction of sp³-hybridized carbons (Fsp3) is 0.625. The standard InChI is InChI=1S/C16H27NO/c1-6-16(4,5)15(17-7-2)13-11-9-10-12-14(13)18-8-3/h9-12,15,17H,6-8H2,1-5H3. The van der Waals surface area contributed by atoms with Gasteiger partial charge in [-0.2, -0.15) is 0 Å². The van der Waals surface area contributed by atoms with Crippen LogP contribution in [0.5, 0.6) is 5.75 Å². The van der Waals surface area contributed by atoms with E-state index < -0.39 is 0 Å². The Morgan fingerprint density at radius 1 is 1.17 bits per heavy atom. The molecule has 0 spiro atoms. The molecule has 0 bridgehead atoms. The van der Waals surface area contributed by atoms with Gasteiger partial charge in [0, 0.05) is 11.6 Å². The van der Waals surface area contributed by atoms with Crippen molar-refractivity contribution in [3.63, 3.8) is 0 Å². The lowest BCUT2D eigenvalue weighted by molar-refractivity contribution is 0.228. The van der Waals surface area contributed by atoms with Gasteiger partial charge in [-0.3, -0.25) is 0 Å². The Hall–Kier alpha value is -1.02.